The molecule has 0 amide bonds. The third kappa shape index (κ3) is 4.67. The van der Waals surface area contributed by atoms with Crippen LogP contribution in [0, 0.1) is 13.8 Å². The Labute approximate surface area is 169 Å². The predicted molar refractivity (Wildman–Crippen MR) is 114 cm³/mol. The molecule has 1 atom stereocenters. The van der Waals surface area contributed by atoms with E-state index in [4.69, 9.17) is 9.47 Å². The molecule has 0 radical (unpaired) electrons. The van der Waals surface area contributed by atoms with Gasteiger partial charge in [-0.05, 0) is 51.9 Å². The lowest BCUT2D eigenvalue weighted by atomic mass is 9.88. The van der Waals surface area contributed by atoms with Crippen LogP contribution in [0.5, 0.6) is 0 Å². The van der Waals surface area contributed by atoms with Crippen molar-refractivity contribution in [1.29, 1.82) is 0 Å². The molecule has 6 nitrogen and oxygen atoms in total. The molecule has 0 saturated carbocycles. The molecule has 0 spiro atoms. The Bertz CT molecular complexity index is 683. The largest absolute Gasteiger partial charge is 0.381 e. The zero-order valence-corrected chi connectivity index (χ0v) is 18.1. The predicted octanol–water partition coefficient (Wildman–Crippen LogP) is 2.36. The smallest absolute Gasteiger partial charge is 0.193 e. The van der Waals surface area contributed by atoms with E-state index in [9.17, 15) is 0 Å². The average Bonchev–Trinajstić information content (AvgIpc) is 2.69. The normalized spacial score (nSPS) is 23.1. The van der Waals surface area contributed by atoms with Gasteiger partial charge in [0.1, 0.15) is 6.10 Å². The molecular formula is C22H36N4O2. The molecule has 156 valence electrons. The lowest BCUT2D eigenvalue weighted by Gasteiger charge is -2.44. The van der Waals surface area contributed by atoms with Gasteiger partial charge in [0.05, 0.1) is 13.2 Å². The topological polar surface area (TPSA) is 49.3 Å². The first-order chi connectivity index (χ1) is 13.4. The van der Waals surface area contributed by atoms with Crippen molar-refractivity contribution in [2.75, 3.05) is 60.6 Å². The van der Waals surface area contributed by atoms with Gasteiger partial charge in [-0.2, -0.15) is 0 Å². The number of guanidine groups is 1. The van der Waals surface area contributed by atoms with Gasteiger partial charge < -0.3 is 24.6 Å². The maximum atomic E-state index is 6.11. The lowest BCUT2D eigenvalue weighted by Crippen LogP contribution is -2.58. The number of morpholine rings is 1. The van der Waals surface area contributed by atoms with Crippen LogP contribution in [-0.4, -0.2) is 81.9 Å². The summed E-state index contributed by atoms with van der Waals surface area (Å²) in [6, 6.07) is 6.61. The Kier molecular flexibility index (Phi) is 6.96. The highest BCUT2D eigenvalue weighted by atomic mass is 16.5. The number of rotatable bonds is 4. The zero-order chi connectivity index (χ0) is 20.1. The number of benzene rings is 1. The molecule has 1 aromatic carbocycles. The molecule has 2 heterocycles. The van der Waals surface area contributed by atoms with E-state index in [0.29, 0.717) is 6.61 Å². The summed E-state index contributed by atoms with van der Waals surface area (Å²) in [5.41, 5.74) is 3.98. The number of hydrogen-bond acceptors (Lipinski definition) is 4. The van der Waals surface area contributed by atoms with E-state index >= 15 is 0 Å². The van der Waals surface area contributed by atoms with Crippen LogP contribution >= 0.6 is 0 Å². The van der Waals surface area contributed by atoms with Crippen LogP contribution in [0.2, 0.25) is 0 Å². The summed E-state index contributed by atoms with van der Waals surface area (Å²) >= 11 is 0. The Morgan fingerprint density at radius 3 is 2.64 bits per heavy atom. The van der Waals surface area contributed by atoms with E-state index < -0.39 is 0 Å². The molecule has 3 rings (SSSR count). The van der Waals surface area contributed by atoms with Gasteiger partial charge in [-0.15, -0.1) is 0 Å². The third-order valence-corrected chi connectivity index (χ3v) is 6.30. The number of likely N-dealkylation sites (N-methyl/N-ethyl adjacent to an activating group) is 1. The summed E-state index contributed by atoms with van der Waals surface area (Å²) < 4.78 is 11.7. The number of aryl methyl sites for hydroxylation is 2. The highest BCUT2D eigenvalue weighted by Crippen LogP contribution is 2.27. The molecule has 1 aromatic rings. The van der Waals surface area contributed by atoms with Crippen molar-refractivity contribution in [3.63, 3.8) is 0 Å². The molecule has 1 unspecified atom stereocenters. The Morgan fingerprint density at radius 2 is 2.00 bits per heavy atom. The summed E-state index contributed by atoms with van der Waals surface area (Å²) in [5.74, 6) is 0.964. The molecular weight excluding hydrogens is 352 g/mol. The van der Waals surface area contributed by atoms with Crippen molar-refractivity contribution in [3.05, 3.63) is 34.9 Å². The molecule has 0 bridgehead atoms. The van der Waals surface area contributed by atoms with Crippen LogP contribution in [0.4, 0.5) is 0 Å². The maximum Gasteiger partial charge on any atom is 0.193 e. The van der Waals surface area contributed by atoms with E-state index in [1.54, 1.807) is 0 Å². The van der Waals surface area contributed by atoms with Crippen LogP contribution in [0.15, 0.2) is 23.2 Å². The van der Waals surface area contributed by atoms with E-state index in [1.807, 2.05) is 7.05 Å². The molecule has 2 aliphatic rings. The fraction of sp³-hybridized carbons (Fsp3) is 0.682. The SMILES string of the molecule is CN=C(NCC1(N(C)C)CCOCC1)N1CCOC(c2ccc(C)cc2C)C1. The van der Waals surface area contributed by atoms with Gasteiger partial charge in [-0.25, -0.2) is 0 Å². The molecule has 2 aliphatic heterocycles. The summed E-state index contributed by atoms with van der Waals surface area (Å²) in [5, 5.41) is 3.65. The lowest BCUT2D eigenvalue weighted by molar-refractivity contribution is -0.0125. The Morgan fingerprint density at radius 1 is 1.25 bits per heavy atom. The molecule has 0 aliphatic carbocycles. The summed E-state index contributed by atoms with van der Waals surface area (Å²) in [6.45, 7) is 9.22. The summed E-state index contributed by atoms with van der Waals surface area (Å²) in [7, 11) is 6.21. The quantitative estimate of drug-likeness (QED) is 0.634. The maximum absolute atomic E-state index is 6.11. The van der Waals surface area contributed by atoms with Gasteiger partial charge in [-0.1, -0.05) is 23.8 Å². The van der Waals surface area contributed by atoms with Gasteiger partial charge in [0, 0.05) is 38.9 Å². The fourth-order valence-corrected chi connectivity index (χ4v) is 4.33. The summed E-state index contributed by atoms with van der Waals surface area (Å²) in [4.78, 5) is 9.25. The van der Waals surface area contributed by atoms with Crippen LogP contribution in [0.3, 0.4) is 0 Å². The molecule has 0 aromatic heterocycles. The van der Waals surface area contributed by atoms with Gasteiger partial charge in [0.25, 0.3) is 0 Å². The van der Waals surface area contributed by atoms with E-state index in [2.05, 4.69) is 66.3 Å². The molecule has 1 N–H and O–H groups in total. The van der Waals surface area contributed by atoms with Crippen molar-refractivity contribution >= 4 is 5.96 Å². The van der Waals surface area contributed by atoms with E-state index in [-0.39, 0.29) is 11.6 Å². The zero-order valence-electron chi connectivity index (χ0n) is 18.1. The number of hydrogen-bond donors (Lipinski definition) is 1. The van der Waals surface area contributed by atoms with Gasteiger partial charge >= 0.3 is 0 Å². The van der Waals surface area contributed by atoms with Crippen LogP contribution in [0.1, 0.15) is 35.6 Å². The van der Waals surface area contributed by atoms with Crippen molar-refractivity contribution in [1.82, 2.24) is 15.1 Å². The second-order valence-corrected chi connectivity index (χ2v) is 8.30. The molecule has 6 heteroatoms. The highest BCUT2D eigenvalue weighted by Gasteiger charge is 2.35. The van der Waals surface area contributed by atoms with Crippen LogP contribution in [0.25, 0.3) is 0 Å². The van der Waals surface area contributed by atoms with Crippen LogP contribution < -0.4 is 5.32 Å². The number of nitrogens with one attached hydrogen (secondary N) is 1. The van der Waals surface area contributed by atoms with E-state index in [0.717, 1.165) is 51.6 Å². The minimum Gasteiger partial charge on any atom is -0.381 e. The standard InChI is InChI=1S/C22H36N4O2/c1-17-6-7-19(18(2)14-17)20-15-26(10-13-28-20)21(23-3)24-16-22(25(4)5)8-11-27-12-9-22/h6-7,14,20H,8-13,15-16H2,1-5H3,(H,23,24). The number of ether oxygens (including phenoxy) is 2. The fourth-order valence-electron chi connectivity index (χ4n) is 4.33. The van der Waals surface area contributed by atoms with Crippen LogP contribution in [-0.2, 0) is 9.47 Å². The van der Waals surface area contributed by atoms with Gasteiger partial charge in [-0.3, -0.25) is 4.99 Å². The minimum atomic E-state index is 0.0822. The second-order valence-electron chi connectivity index (χ2n) is 8.30. The summed E-state index contributed by atoms with van der Waals surface area (Å²) in [6.07, 6.45) is 2.16. The number of aliphatic imine (C=N–C) groups is 1. The molecule has 2 fully saturated rings. The minimum absolute atomic E-state index is 0.0822. The monoisotopic (exact) mass is 388 g/mol. The van der Waals surface area contributed by atoms with Crippen molar-refractivity contribution in [2.24, 2.45) is 4.99 Å². The van der Waals surface area contributed by atoms with Crippen molar-refractivity contribution in [3.8, 4) is 0 Å². The molecule has 2 saturated heterocycles. The second kappa shape index (κ2) is 9.25. The Hall–Kier alpha value is -1.63. The van der Waals surface area contributed by atoms with Gasteiger partial charge in [0.2, 0.25) is 0 Å². The highest BCUT2D eigenvalue weighted by molar-refractivity contribution is 5.80. The van der Waals surface area contributed by atoms with E-state index in [1.165, 1.54) is 16.7 Å². The Balaban J connectivity index is 1.67. The van der Waals surface area contributed by atoms with Crippen molar-refractivity contribution < 1.29 is 9.47 Å². The first-order valence-corrected chi connectivity index (χ1v) is 10.3. The molecule has 28 heavy (non-hydrogen) atoms. The van der Waals surface area contributed by atoms with Gasteiger partial charge in [0.15, 0.2) is 5.96 Å². The van der Waals surface area contributed by atoms with Crippen molar-refractivity contribution in [2.45, 2.75) is 38.3 Å². The first kappa shape index (κ1) is 21.1. The number of nitrogens with zero attached hydrogens (tertiary/aromatic N) is 3. The first-order valence-electron chi connectivity index (χ1n) is 10.3. The third-order valence-electron chi connectivity index (χ3n) is 6.30. The average molecular weight is 389 g/mol.